The molecule has 194 valence electrons. The van der Waals surface area contributed by atoms with Crippen molar-refractivity contribution >= 4 is 17.7 Å². The van der Waals surface area contributed by atoms with Crippen LogP contribution in [0.15, 0.2) is 23.1 Å². The molecule has 0 aliphatic carbocycles. The largest absolute Gasteiger partial charge is 0.378 e. The number of aromatic nitrogens is 2. The number of piperidine rings is 1. The average molecular weight is 522 g/mol. The standard InChI is InChI=1S/C25H30F3N5O2S/c26-20-5-1-4-18-22-19(14-36-23(18)20)21(24(34)32-9-11-35-12-10-32)29-33(22)17-3-2-6-30(13-17)7-8-31-15-25(27,28)16-31/h1,4-5,17H,2-3,6-16H2. The minimum atomic E-state index is -2.55. The Labute approximate surface area is 212 Å². The number of carbonyl (C=O) groups is 1. The smallest absolute Gasteiger partial charge is 0.274 e. The lowest BCUT2D eigenvalue weighted by atomic mass is 10.0. The van der Waals surface area contributed by atoms with Crippen molar-refractivity contribution in [1.29, 1.82) is 0 Å². The van der Waals surface area contributed by atoms with E-state index < -0.39 is 5.92 Å². The third-order valence-electron chi connectivity index (χ3n) is 7.56. The lowest BCUT2D eigenvalue weighted by Gasteiger charge is -2.41. The van der Waals surface area contributed by atoms with Gasteiger partial charge in [-0.3, -0.25) is 19.3 Å². The number of hydrogen-bond donors (Lipinski definition) is 0. The summed E-state index contributed by atoms with van der Waals surface area (Å²) < 4.78 is 48.5. The molecule has 11 heteroatoms. The Morgan fingerprint density at radius 3 is 2.69 bits per heavy atom. The first-order valence-corrected chi connectivity index (χ1v) is 13.6. The van der Waals surface area contributed by atoms with E-state index in [-0.39, 0.29) is 30.9 Å². The van der Waals surface area contributed by atoms with Crippen molar-refractivity contribution in [2.45, 2.75) is 35.5 Å². The number of carbonyl (C=O) groups excluding carboxylic acids is 1. The third-order valence-corrected chi connectivity index (χ3v) is 8.70. The van der Waals surface area contributed by atoms with Gasteiger partial charge in [-0.1, -0.05) is 12.1 Å². The van der Waals surface area contributed by atoms with Gasteiger partial charge in [0.1, 0.15) is 5.82 Å². The number of amides is 1. The molecule has 1 aromatic carbocycles. The van der Waals surface area contributed by atoms with Crippen LogP contribution in [0.25, 0.3) is 11.3 Å². The normalized spacial score (nSPS) is 24.2. The molecule has 0 saturated carbocycles. The molecule has 0 bridgehead atoms. The van der Waals surface area contributed by atoms with E-state index in [0.717, 1.165) is 49.3 Å². The molecule has 0 radical (unpaired) electrons. The van der Waals surface area contributed by atoms with E-state index in [1.54, 1.807) is 15.9 Å². The van der Waals surface area contributed by atoms with Crippen molar-refractivity contribution in [3.05, 3.63) is 35.3 Å². The Morgan fingerprint density at radius 1 is 1.14 bits per heavy atom. The molecule has 7 nitrogen and oxygen atoms in total. The highest BCUT2D eigenvalue weighted by atomic mass is 32.2. The van der Waals surface area contributed by atoms with Gasteiger partial charge in [-0.15, -0.1) is 11.8 Å². The Morgan fingerprint density at radius 2 is 1.92 bits per heavy atom. The van der Waals surface area contributed by atoms with E-state index in [9.17, 15) is 18.0 Å². The average Bonchev–Trinajstić information content (AvgIpc) is 3.27. The molecule has 3 saturated heterocycles. The number of thioether (sulfide) groups is 1. The monoisotopic (exact) mass is 521 g/mol. The molecule has 3 fully saturated rings. The van der Waals surface area contributed by atoms with Crippen LogP contribution in [0, 0.1) is 5.82 Å². The van der Waals surface area contributed by atoms with Crippen molar-refractivity contribution in [3.8, 4) is 11.3 Å². The van der Waals surface area contributed by atoms with Gasteiger partial charge in [0.2, 0.25) is 0 Å². The van der Waals surface area contributed by atoms with E-state index in [4.69, 9.17) is 9.84 Å². The number of likely N-dealkylation sites (tertiary alicyclic amines) is 2. The van der Waals surface area contributed by atoms with Crippen molar-refractivity contribution in [2.75, 3.05) is 65.6 Å². The highest BCUT2D eigenvalue weighted by molar-refractivity contribution is 7.98. The molecule has 5 heterocycles. The molecule has 0 N–H and O–H groups in total. The van der Waals surface area contributed by atoms with E-state index in [1.165, 1.54) is 17.8 Å². The van der Waals surface area contributed by atoms with Crippen LogP contribution in [0.2, 0.25) is 0 Å². The predicted octanol–water partition coefficient (Wildman–Crippen LogP) is 3.36. The van der Waals surface area contributed by atoms with Crippen LogP contribution in [0.3, 0.4) is 0 Å². The Kier molecular flexibility index (Phi) is 6.51. The number of hydrogen-bond acceptors (Lipinski definition) is 6. The zero-order valence-electron chi connectivity index (χ0n) is 20.1. The number of benzene rings is 1. The van der Waals surface area contributed by atoms with Gasteiger partial charge in [0.25, 0.3) is 11.8 Å². The lowest BCUT2D eigenvalue weighted by molar-refractivity contribution is -0.131. The number of fused-ring (bicyclic) bond motifs is 3. The van der Waals surface area contributed by atoms with Crippen molar-refractivity contribution in [2.24, 2.45) is 0 Å². The molecule has 1 atom stereocenters. The molecule has 2 aromatic rings. The second-order valence-electron chi connectivity index (χ2n) is 10.1. The fraction of sp³-hybridized carbons (Fsp3) is 0.600. The first kappa shape index (κ1) is 24.3. The Balaban J connectivity index is 1.29. The van der Waals surface area contributed by atoms with Gasteiger partial charge in [0.15, 0.2) is 5.69 Å². The second-order valence-corrected chi connectivity index (χ2v) is 11.1. The van der Waals surface area contributed by atoms with E-state index in [2.05, 4.69) is 4.90 Å². The number of nitrogens with zero attached hydrogens (tertiary/aromatic N) is 5. The molecule has 36 heavy (non-hydrogen) atoms. The van der Waals surface area contributed by atoms with Gasteiger partial charge in [-0.25, -0.2) is 13.2 Å². The number of rotatable bonds is 5. The van der Waals surface area contributed by atoms with E-state index >= 15 is 0 Å². The maximum atomic E-state index is 14.7. The summed E-state index contributed by atoms with van der Waals surface area (Å²) in [7, 11) is 0. The van der Waals surface area contributed by atoms with Crippen LogP contribution in [0.4, 0.5) is 13.2 Å². The van der Waals surface area contributed by atoms with Gasteiger partial charge in [-0.05, 0) is 25.5 Å². The zero-order valence-corrected chi connectivity index (χ0v) is 20.9. The molecule has 4 aliphatic rings. The number of ether oxygens (including phenoxy) is 1. The summed E-state index contributed by atoms with van der Waals surface area (Å²) in [6.07, 6.45) is 1.85. The van der Waals surface area contributed by atoms with Crippen LogP contribution in [-0.4, -0.2) is 102 Å². The molecule has 6 rings (SSSR count). The summed E-state index contributed by atoms with van der Waals surface area (Å²) in [4.78, 5) is 20.0. The SMILES string of the molecule is O=C(c1nn(C2CCCN(CCN3CC(F)(F)C3)C2)c2c1CSc1c(F)cccc1-2)N1CCOCC1. The van der Waals surface area contributed by atoms with Gasteiger partial charge in [0, 0.05) is 49.6 Å². The predicted molar refractivity (Wildman–Crippen MR) is 130 cm³/mol. The molecular weight excluding hydrogens is 491 g/mol. The van der Waals surface area contributed by atoms with Crippen molar-refractivity contribution < 1.29 is 22.7 Å². The topological polar surface area (TPSA) is 53.8 Å². The molecular formula is C25H30F3N5O2S. The summed E-state index contributed by atoms with van der Waals surface area (Å²) in [6, 6.07) is 5.12. The highest BCUT2D eigenvalue weighted by Gasteiger charge is 2.43. The zero-order chi connectivity index (χ0) is 24.9. The molecule has 1 aromatic heterocycles. The van der Waals surface area contributed by atoms with Crippen molar-refractivity contribution in [3.63, 3.8) is 0 Å². The Hall–Kier alpha value is -2.08. The maximum absolute atomic E-state index is 14.7. The molecule has 1 unspecified atom stereocenters. The lowest BCUT2D eigenvalue weighted by Crippen LogP contribution is -2.57. The molecule has 4 aliphatic heterocycles. The van der Waals surface area contributed by atoms with Crippen LogP contribution in [-0.2, 0) is 10.5 Å². The number of halogens is 3. The Bertz CT molecular complexity index is 1140. The minimum Gasteiger partial charge on any atom is -0.378 e. The van der Waals surface area contributed by atoms with E-state index in [0.29, 0.717) is 49.2 Å². The van der Waals surface area contributed by atoms with E-state index in [1.807, 2.05) is 10.7 Å². The number of morpholine rings is 1. The summed E-state index contributed by atoms with van der Waals surface area (Å²) in [5, 5.41) is 4.91. The van der Waals surface area contributed by atoms with Gasteiger partial charge in [-0.2, -0.15) is 5.10 Å². The van der Waals surface area contributed by atoms with Gasteiger partial charge in [0.05, 0.1) is 42.9 Å². The highest BCUT2D eigenvalue weighted by Crippen LogP contribution is 2.45. The van der Waals surface area contributed by atoms with Crippen LogP contribution >= 0.6 is 11.8 Å². The minimum absolute atomic E-state index is 0.0239. The second kappa shape index (κ2) is 9.66. The summed E-state index contributed by atoms with van der Waals surface area (Å²) in [5.74, 6) is -2.41. The van der Waals surface area contributed by atoms with Crippen LogP contribution in [0.1, 0.15) is 34.9 Å². The first-order chi connectivity index (χ1) is 17.4. The number of alkyl halides is 2. The fourth-order valence-electron chi connectivity index (χ4n) is 5.71. The van der Waals surface area contributed by atoms with Gasteiger partial charge < -0.3 is 9.64 Å². The maximum Gasteiger partial charge on any atom is 0.274 e. The molecule has 1 amide bonds. The summed E-state index contributed by atoms with van der Waals surface area (Å²) in [5.41, 5.74) is 2.95. The van der Waals surface area contributed by atoms with Gasteiger partial charge >= 0.3 is 0 Å². The first-order valence-electron chi connectivity index (χ1n) is 12.6. The quantitative estimate of drug-likeness (QED) is 0.602. The summed E-state index contributed by atoms with van der Waals surface area (Å²) >= 11 is 1.42. The van der Waals surface area contributed by atoms with Crippen molar-refractivity contribution in [1.82, 2.24) is 24.5 Å². The summed E-state index contributed by atoms with van der Waals surface area (Å²) in [6.45, 7) is 4.73. The fourth-order valence-corrected chi connectivity index (χ4v) is 6.80. The van der Waals surface area contributed by atoms with Crippen LogP contribution < -0.4 is 0 Å². The third kappa shape index (κ3) is 4.55. The molecule has 0 spiro atoms. The van der Waals surface area contributed by atoms with Crippen LogP contribution in [0.5, 0.6) is 0 Å².